The van der Waals surface area contributed by atoms with Crippen molar-refractivity contribution in [2.45, 2.75) is 50.7 Å². The van der Waals surface area contributed by atoms with Crippen LogP contribution in [0.4, 0.5) is 26.3 Å². The van der Waals surface area contributed by atoms with Gasteiger partial charge in [0.05, 0.1) is 10.9 Å². The SMILES string of the molecule is CCc1c(F)ccc2cccc(-c3ncc4c(OC(F)(F)F)nc(OC[C@@]56CCCN5C[C@H](F)C6)nc4c3F)c12. The third kappa shape index (κ3) is 4.57. The predicted molar refractivity (Wildman–Crippen MR) is 135 cm³/mol. The number of aryl methyl sites for hydroxylation is 1. The van der Waals surface area contributed by atoms with Crippen molar-refractivity contribution < 1.29 is 35.8 Å². The van der Waals surface area contributed by atoms with Gasteiger partial charge in [-0.15, -0.1) is 13.2 Å². The topological polar surface area (TPSA) is 60.4 Å². The summed E-state index contributed by atoms with van der Waals surface area (Å²) in [6.07, 6.45) is -3.19. The van der Waals surface area contributed by atoms with Crippen LogP contribution in [0, 0.1) is 11.6 Å². The number of aromatic nitrogens is 3. The Morgan fingerprint density at radius 1 is 1.12 bits per heavy atom. The molecule has 0 N–H and O–H groups in total. The summed E-state index contributed by atoms with van der Waals surface area (Å²) in [4.78, 5) is 13.9. The Morgan fingerprint density at radius 3 is 2.73 bits per heavy atom. The highest BCUT2D eigenvalue weighted by Gasteiger charge is 2.49. The first kappa shape index (κ1) is 26.5. The molecule has 4 heterocycles. The van der Waals surface area contributed by atoms with Crippen molar-refractivity contribution in [3.05, 3.63) is 53.7 Å². The van der Waals surface area contributed by atoms with Gasteiger partial charge in [-0.2, -0.15) is 9.97 Å². The first-order chi connectivity index (χ1) is 19.1. The molecule has 0 radical (unpaired) electrons. The second kappa shape index (κ2) is 9.76. The van der Waals surface area contributed by atoms with Crippen LogP contribution in [0.3, 0.4) is 0 Å². The van der Waals surface area contributed by atoms with E-state index >= 15 is 4.39 Å². The smallest absolute Gasteiger partial charge is 0.461 e. The van der Waals surface area contributed by atoms with Crippen LogP contribution in [0.2, 0.25) is 0 Å². The lowest BCUT2D eigenvalue weighted by molar-refractivity contribution is -0.275. The molecule has 2 aromatic heterocycles. The third-order valence-corrected chi connectivity index (χ3v) is 7.78. The van der Waals surface area contributed by atoms with Crippen molar-refractivity contribution in [2.24, 2.45) is 0 Å². The van der Waals surface area contributed by atoms with Gasteiger partial charge in [0.2, 0.25) is 5.88 Å². The molecule has 0 amide bonds. The minimum atomic E-state index is -5.13. The van der Waals surface area contributed by atoms with Gasteiger partial charge < -0.3 is 9.47 Å². The Labute approximate surface area is 224 Å². The van der Waals surface area contributed by atoms with E-state index in [0.29, 0.717) is 35.7 Å². The zero-order chi connectivity index (χ0) is 28.2. The highest BCUT2D eigenvalue weighted by molar-refractivity contribution is 6.00. The van der Waals surface area contributed by atoms with Crippen LogP contribution >= 0.6 is 0 Å². The second-order valence-corrected chi connectivity index (χ2v) is 10.2. The summed E-state index contributed by atoms with van der Waals surface area (Å²) < 4.78 is 94.6. The zero-order valence-corrected chi connectivity index (χ0v) is 21.4. The molecule has 0 spiro atoms. The number of nitrogens with zero attached hydrogens (tertiary/aromatic N) is 4. The Hall–Kier alpha value is -3.67. The fraction of sp³-hybridized carbons (Fsp3) is 0.393. The number of hydrogen-bond donors (Lipinski definition) is 0. The fourth-order valence-corrected chi connectivity index (χ4v) is 6.07. The molecule has 210 valence electrons. The van der Waals surface area contributed by atoms with Crippen LogP contribution in [-0.4, -0.2) is 57.6 Å². The van der Waals surface area contributed by atoms with E-state index in [2.05, 4.69) is 19.7 Å². The highest BCUT2D eigenvalue weighted by Crippen LogP contribution is 2.41. The van der Waals surface area contributed by atoms with Crippen LogP contribution in [0.5, 0.6) is 11.9 Å². The Bertz CT molecular complexity index is 1610. The summed E-state index contributed by atoms with van der Waals surface area (Å²) in [5, 5.41) is 0.668. The lowest BCUT2D eigenvalue weighted by Gasteiger charge is -2.30. The van der Waals surface area contributed by atoms with E-state index in [1.807, 2.05) is 4.90 Å². The molecule has 6 nitrogen and oxygen atoms in total. The average molecular weight is 563 g/mol. The average Bonchev–Trinajstić information content (AvgIpc) is 3.42. The van der Waals surface area contributed by atoms with Crippen molar-refractivity contribution in [1.29, 1.82) is 0 Å². The molecule has 2 saturated heterocycles. The van der Waals surface area contributed by atoms with Crippen LogP contribution < -0.4 is 9.47 Å². The molecule has 0 aliphatic carbocycles. The standard InChI is InChI=1S/C28H24F6N4O2/c1-2-17-20(30)8-7-15-5-3-6-18(21(15)17)23-22(31)24-19(12-35-23)25(40-28(32,33)34)37-26(36-24)39-14-27-9-4-10-38(27)13-16(29)11-27/h3,5-8,12,16H,2,4,9-11,13-14H2,1H3/t16-,27+/m1/s1. The summed E-state index contributed by atoms with van der Waals surface area (Å²) in [6, 6.07) is 7.31. The molecule has 2 aliphatic heterocycles. The number of pyridine rings is 1. The number of ether oxygens (including phenoxy) is 2. The van der Waals surface area contributed by atoms with Crippen molar-refractivity contribution in [1.82, 2.24) is 19.9 Å². The molecule has 40 heavy (non-hydrogen) atoms. The lowest BCUT2D eigenvalue weighted by atomic mass is 9.95. The molecular formula is C28H24F6N4O2. The largest absolute Gasteiger partial charge is 0.574 e. The second-order valence-electron chi connectivity index (χ2n) is 10.2. The first-order valence-corrected chi connectivity index (χ1v) is 12.9. The minimum absolute atomic E-state index is 0.0770. The Balaban J connectivity index is 1.48. The molecule has 12 heteroatoms. The van der Waals surface area contributed by atoms with Crippen molar-refractivity contribution in [2.75, 3.05) is 19.7 Å². The van der Waals surface area contributed by atoms with E-state index in [1.165, 1.54) is 6.07 Å². The molecule has 2 aromatic carbocycles. The van der Waals surface area contributed by atoms with Crippen LogP contribution in [0.1, 0.15) is 31.7 Å². The van der Waals surface area contributed by atoms with Crippen molar-refractivity contribution in [3.8, 4) is 23.1 Å². The normalized spacial score (nSPS) is 21.3. The molecule has 0 unspecified atom stereocenters. The molecule has 6 rings (SSSR count). The van der Waals surface area contributed by atoms with Gasteiger partial charge in [-0.1, -0.05) is 31.2 Å². The van der Waals surface area contributed by atoms with Crippen LogP contribution in [-0.2, 0) is 6.42 Å². The van der Waals surface area contributed by atoms with Gasteiger partial charge in [-0.05, 0) is 48.2 Å². The molecule has 2 atom stereocenters. The van der Waals surface area contributed by atoms with E-state index < -0.39 is 52.5 Å². The molecule has 0 saturated carbocycles. The minimum Gasteiger partial charge on any atom is -0.461 e. The molecule has 0 bridgehead atoms. The summed E-state index contributed by atoms with van der Waals surface area (Å²) in [6.45, 7) is 2.61. The summed E-state index contributed by atoms with van der Waals surface area (Å²) >= 11 is 0. The van der Waals surface area contributed by atoms with Gasteiger partial charge in [-0.3, -0.25) is 9.88 Å². The maximum absolute atomic E-state index is 16.1. The van der Waals surface area contributed by atoms with Gasteiger partial charge in [0.15, 0.2) is 5.82 Å². The van der Waals surface area contributed by atoms with Gasteiger partial charge in [0.1, 0.15) is 29.8 Å². The van der Waals surface area contributed by atoms with Gasteiger partial charge >= 0.3 is 12.4 Å². The monoisotopic (exact) mass is 562 g/mol. The third-order valence-electron chi connectivity index (χ3n) is 7.78. The van der Waals surface area contributed by atoms with Crippen molar-refractivity contribution >= 4 is 21.7 Å². The quantitative estimate of drug-likeness (QED) is 0.249. The summed E-state index contributed by atoms with van der Waals surface area (Å²) in [7, 11) is 0. The summed E-state index contributed by atoms with van der Waals surface area (Å²) in [5.74, 6) is -2.48. The number of fused-ring (bicyclic) bond motifs is 3. The highest BCUT2D eigenvalue weighted by atomic mass is 19.4. The first-order valence-electron chi connectivity index (χ1n) is 12.9. The van der Waals surface area contributed by atoms with Crippen molar-refractivity contribution in [3.63, 3.8) is 0 Å². The van der Waals surface area contributed by atoms with E-state index in [9.17, 15) is 22.0 Å². The van der Waals surface area contributed by atoms with Crippen LogP contribution in [0.15, 0.2) is 36.5 Å². The molecule has 2 aliphatic rings. The van der Waals surface area contributed by atoms with Gasteiger partial charge in [0.25, 0.3) is 0 Å². The van der Waals surface area contributed by atoms with Gasteiger partial charge in [0, 0.05) is 24.7 Å². The molecule has 4 aromatic rings. The van der Waals surface area contributed by atoms with E-state index in [-0.39, 0.29) is 30.8 Å². The number of halogens is 6. The van der Waals surface area contributed by atoms with E-state index in [4.69, 9.17) is 4.74 Å². The summed E-state index contributed by atoms with van der Waals surface area (Å²) in [5.41, 5.74) is -0.749. The number of rotatable bonds is 6. The number of benzene rings is 2. The van der Waals surface area contributed by atoms with E-state index in [1.54, 1.807) is 31.2 Å². The Morgan fingerprint density at radius 2 is 1.95 bits per heavy atom. The lowest BCUT2D eigenvalue weighted by Crippen LogP contribution is -2.43. The van der Waals surface area contributed by atoms with E-state index in [0.717, 1.165) is 12.6 Å². The molecule has 2 fully saturated rings. The molecular weight excluding hydrogens is 538 g/mol. The maximum Gasteiger partial charge on any atom is 0.574 e. The number of hydrogen-bond acceptors (Lipinski definition) is 6. The number of alkyl halides is 4. The maximum atomic E-state index is 16.1. The van der Waals surface area contributed by atoms with Gasteiger partial charge in [-0.25, -0.2) is 13.2 Å². The predicted octanol–water partition coefficient (Wildman–Crippen LogP) is 6.54. The van der Waals surface area contributed by atoms with Crippen LogP contribution in [0.25, 0.3) is 32.9 Å². The Kier molecular flexibility index (Phi) is 6.47. The zero-order valence-electron chi connectivity index (χ0n) is 21.4. The fourth-order valence-electron chi connectivity index (χ4n) is 6.07.